The Hall–Kier alpha value is -3.04. The highest BCUT2D eigenvalue weighted by atomic mass is 19.3. The third-order valence-electron chi connectivity index (χ3n) is 6.79. The number of likely N-dealkylation sites (tertiary alicyclic amines) is 1. The SMILES string of the molecule is CCN1CCC[C@H]1COc1cc2c(N[C@H](C)c3cccc(C(F)(F)CO)c3)nc(C)nc2cc1OC. The molecule has 2 aromatic carbocycles. The number of likely N-dealkylation sites (N-methyl/N-ethyl adjacent to an activating group) is 1. The first-order valence-corrected chi connectivity index (χ1v) is 12.3. The van der Waals surface area contributed by atoms with E-state index in [1.165, 1.54) is 18.6 Å². The average Bonchev–Trinajstić information content (AvgIpc) is 3.34. The van der Waals surface area contributed by atoms with Gasteiger partial charge in [-0.25, -0.2) is 9.97 Å². The molecular formula is C27H34F2N4O3. The number of hydrogen-bond donors (Lipinski definition) is 2. The number of benzene rings is 2. The van der Waals surface area contributed by atoms with Gasteiger partial charge in [-0.3, -0.25) is 4.90 Å². The fourth-order valence-corrected chi connectivity index (χ4v) is 4.74. The third-order valence-corrected chi connectivity index (χ3v) is 6.79. The van der Waals surface area contributed by atoms with Gasteiger partial charge >= 0.3 is 0 Å². The molecule has 7 nitrogen and oxygen atoms in total. The molecule has 0 spiro atoms. The first-order valence-electron chi connectivity index (χ1n) is 12.3. The van der Waals surface area contributed by atoms with Crippen molar-refractivity contribution >= 4 is 16.7 Å². The van der Waals surface area contributed by atoms with Gasteiger partial charge in [-0.05, 0) is 57.5 Å². The molecule has 3 aromatic rings. The van der Waals surface area contributed by atoms with Crippen LogP contribution >= 0.6 is 0 Å². The number of nitrogens with zero attached hydrogens (tertiary/aromatic N) is 3. The molecule has 2 N–H and O–H groups in total. The zero-order valence-electron chi connectivity index (χ0n) is 21.2. The highest BCUT2D eigenvalue weighted by Crippen LogP contribution is 2.36. The summed E-state index contributed by atoms with van der Waals surface area (Å²) in [5, 5.41) is 13.2. The molecule has 1 saturated heterocycles. The van der Waals surface area contributed by atoms with E-state index in [9.17, 15) is 8.78 Å². The summed E-state index contributed by atoms with van der Waals surface area (Å²) in [7, 11) is 1.60. The zero-order chi connectivity index (χ0) is 25.9. The summed E-state index contributed by atoms with van der Waals surface area (Å²) in [6.45, 7) is 7.24. The van der Waals surface area contributed by atoms with Gasteiger partial charge in [-0.15, -0.1) is 0 Å². The molecule has 0 radical (unpaired) electrons. The number of hydrogen-bond acceptors (Lipinski definition) is 7. The molecular weight excluding hydrogens is 466 g/mol. The molecule has 1 aliphatic heterocycles. The van der Waals surface area contributed by atoms with Crippen molar-refractivity contribution in [2.24, 2.45) is 0 Å². The number of aliphatic hydroxyl groups excluding tert-OH is 1. The Balaban J connectivity index is 1.64. The predicted octanol–water partition coefficient (Wildman–Crippen LogP) is 5.07. The van der Waals surface area contributed by atoms with Crippen molar-refractivity contribution in [3.05, 3.63) is 53.3 Å². The second kappa shape index (κ2) is 10.9. The van der Waals surface area contributed by atoms with Crippen LogP contribution in [-0.4, -0.2) is 59.4 Å². The van der Waals surface area contributed by atoms with E-state index in [2.05, 4.69) is 27.1 Å². The number of aliphatic hydroxyl groups is 1. The Bertz CT molecular complexity index is 1210. The van der Waals surface area contributed by atoms with Crippen LogP contribution in [0.4, 0.5) is 14.6 Å². The Morgan fingerprint density at radius 3 is 2.75 bits per heavy atom. The van der Waals surface area contributed by atoms with Gasteiger partial charge in [-0.1, -0.05) is 25.1 Å². The van der Waals surface area contributed by atoms with Crippen LogP contribution in [0, 0.1) is 6.92 Å². The summed E-state index contributed by atoms with van der Waals surface area (Å²) in [5.74, 6) is -0.949. The summed E-state index contributed by atoms with van der Waals surface area (Å²) < 4.78 is 39.9. The van der Waals surface area contributed by atoms with E-state index >= 15 is 0 Å². The summed E-state index contributed by atoms with van der Waals surface area (Å²) in [6.07, 6.45) is 2.27. The first kappa shape index (κ1) is 26.0. The van der Waals surface area contributed by atoms with E-state index < -0.39 is 12.5 Å². The number of methoxy groups -OCH3 is 1. The lowest BCUT2D eigenvalue weighted by atomic mass is 10.0. The molecule has 0 unspecified atom stereocenters. The molecule has 0 amide bonds. The van der Waals surface area contributed by atoms with Crippen LogP contribution in [0.1, 0.15) is 49.7 Å². The van der Waals surface area contributed by atoms with Gasteiger partial charge in [0.1, 0.15) is 24.9 Å². The van der Waals surface area contributed by atoms with Gasteiger partial charge in [0.25, 0.3) is 5.92 Å². The van der Waals surface area contributed by atoms with E-state index in [0.29, 0.717) is 46.9 Å². The maximum atomic E-state index is 14.0. The van der Waals surface area contributed by atoms with Crippen molar-refractivity contribution in [3.8, 4) is 11.5 Å². The number of halogens is 2. The third kappa shape index (κ3) is 5.52. The van der Waals surface area contributed by atoms with Crippen molar-refractivity contribution in [1.82, 2.24) is 14.9 Å². The maximum Gasteiger partial charge on any atom is 0.295 e. The van der Waals surface area contributed by atoms with Crippen molar-refractivity contribution in [2.45, 2.75) is 51.6 Å². The number of aryl methyl sites for hydroxylation is 1. The van der Waals surface area contributed by atoms with Crippen LogP contribution in [0.15, 0.2) is 36.4 Å². The Morgan fingerprint density at radius 1 is 1.22 bits per heavy atom. The monoisotopic (exact) mass is 500 g/mol. The van der Waals surface area contributed by atoms with Crippen molar-refractivity contribution < 1.29 is 23.4 Å². The van der Waals surface area contributed by atoms with Gasteiger partial charge in [0.05, 0.1) is 12.6 Å². The second-order valence-electron chi connectivity index (χ2n) is 9.23. The molecule has 0 bridgehead atoms. The molecule has 0 aliphatic carbocycles. The minimum absolute atomic E-state index is 0.228. The minimum Gasteiger partial charge on any atom is -0.493 e. The quantitative estimate of drug-likeness (QED) is 0.403. The molecule has 9 heteroatoms. The van der Waals surface area contributed by atoms with E-state index in [-0.39, 0.29) is 11.6 Å². The van der Waals surface area contributed by atoms with Crippen molar-refractivity contribution in [1.29, 1.82) is 0 Å². The Kier molecular flexibility index (Phi) is 7.90. The normalized spacial score (nSPS) is 17.4. The zero-order valence-corrected chi connectivity index (χ0v) is 21.2. The standard InChI is InChI=1S/C27H34F2N4O3/c1-5-33-11-7-10-21(33)15-36-25-13-22-23(14-24(25)35-4)31-18(3)32-26(22)30-17(2)19-8-6-9-20(12-19)27(28,29)16-34/h6,8-9,12-14,17,21,34H,5,7,10-11,15-16H2,1-4H3,(H,30,31,32)/t17-,21+/m1/s1. The van der Waals surface area contributed by atoms with Crippen LogP contribution in [0.3, 0.4) is 0 Å². The van der Waals surface area contributed by atoms with Crippen molar-refractivity contribution in [3.63, 3.8) is 0 Å². The molecule has 2 atom stereocenters. The molecule has 1 aliphatic rings. The van der Waals surface area contributed by atoms with Crippen LogP contribution in [0.2, 0.25) is 0 Å². The van der Waals surface area contributed by atoms with E-state index in [0.717, 1.165) is 24.9 Å². The number of nitrogens with one attached hydrogen (secondary N) is 1. The minimum atomic E-state index is -3.30. The lowest BCUT2D eigenvalue weighted by Gasteiger charge is -2.23. The fourth-order valence-electron chi connectivity index (χ4n) is 4.74. The van der Waals surface area contributed by atoms with Crippen LogP contribution in [0.5, 0.6) is 11.5 Å². The van der Waals surface area contributed by atoms with Crippen LogP contribution in [0.25, 0.3) is 10.9 Å². The maximum absolute atomic E-state index is 14.0. The highest BCUT2D eigenvalue weighted by Gasteiger charge is 2.31. The summed E-state index contributed by atoms with van der Waals surface area (Å²) in [5.41, 5.74) is 1.11. The molecule has 194 valence electrons. The largest absolute Gasteiger partial charge is 0.493 e. The van der Waals surface area contributed by atoms with E-state index in [1.54, 1.807) is 26.2 Å². The lowest BCUT2D eigenvalue weighted by molar-refractivity contribution is -0.0556. The lowest BCUT2D eigenvalue weighted by Crippen LogP contribution is -2.33. The number of rotatable bonds is 10. The topological polar surface area (TPSA) is 79.7 Å². The summed E-state index contributed by atoms with van der Waals surface area (Å²) in [6, 6.07) is 9.80. The van der Waals surface area contributed by atoms with Crippen molar-refractivity contribution in [2.75, 3.05) is 38.7 Å². The number of alkyl halides is 2. The summed E-state index contributed by atoms with van der Waals surface area (Å²) >= 11 is 0. The molecule has 1 fully saturated rings. The van der Waals surface area contributed by atoms with E-state index in [1.807, 2.05) is 19.1 Å². The van der Waals surface area contributed by atoms with Gasteiger partial charge in [0, 0.05) is 29.1 Å². The number of anilines is 1. The first-order chi connectivity index (χ1) is 17.2. The Labute approximate surface area is 210 Å². The molecule has 1 aromatic heterocycles. The molecule has 4 rings (SSSR count). The molecule has 2 heterocycles. The number of fused-ring (bicyclic) bond motifs is 1. The highest BCUT2D eigenvalue weighted by molar-refractivity contribution is 5.92. The van der Waals surface area contributed by atoms with E-state index in [4.69, 9.17) is 14.6 Å². The molecule has 36 heavy (non-hydrogen) atoms. The van der Waals surface area contributed by atoms with Crippen LogP contribution in [-0.2, 0) is 5.92 Å². The number of aromatic nitrogens is 2. The summed E-state index contributed by atoms with van der Waals surface area (Å²) in [4.78, 5) is 11.6. The van der Waals surface area contributed by atoms with Gasteiger partial charge < -0.3 is 19.9 Å². The second-order valence-corrected chi connectivity index (χ2v) is 9.23. The van der Waals surface area contributed by atoms with Gasteiger partial charge in [0.15, 0.2) is 11.5 Å². The van der Waals surface area contributed by atoms with Gasteiger partial charge in [0.2, 0.25) is 0 Å². The van der Waals surface area contributed by atoms with Gasteiger partial charge in [-0.2, -0.15) is 8.78 Å². The Morgan fingerprint density at radius 2 is 2.03 bits per heavy atom. The molecule has 0 saturated carbocycles. The average molecular weight is 501 g/mol. The number of ether oxygens (including phenoxy) is 2. The smallest absolute Gasteiger partial charge is 0.295 e. The predicted molar refractivity (Wildman–Crippen MR) is 136 cm³/mol. The fraction of sp³-hybridized carbons (Fsp3) is 0.481. The van der Waals surface area contributed by atoms with Crippen LogP contribution < -0.4 is 14.8 Å².